The van der Waals surface area contributed by atoms with Gasteiger partial charge < -0.3 is 27.0 Å². The number of hydrogen-bond donors (Lipinski definition) is 3. The summed E-state index contributed by atoms with van der Waals surface area (Å²) < 4.78 is 0. The third-order valence-corrected chi connectivity index (χ3v) is 2.78. The summed E-state index contributed by atoms with van der Waals surface area (Å²) in [6.45, 7) is 14.3. The molecule has 2 rings (SSSR count). The van der Waals surface area contributed by atoms with E-state index < -0.39 is 5.97 Å². The largest absolute Gasteiger partial charge is 2.00 e. The molecule has 5 nitrogen and oxygen atoms in total. The van der Waals surface area contributed by atoms with Gasteiger partial charge in [0.1, 0.15) is 5.75 Å². The van der Waals surface area contributed by atoms with Crippen LogP contribution in [0.5, 0.6) is 11.5 Å². The van der Waals surface area contributed by atoms with Crippen LogP contribution in [-0.2, 0) is 55.0 Å². The number of hydrogen-bond acceptors (Lipinski definition) is 4. The minimum Gasteiger partial charge on any atom is -0.542 e. The van der Waals surface area contributed by atoms with Gasteiger partial charge in [0.25, 0.3) is 5.97 Å². The summed E-state index contributed by atoms with van der Waals surface area (Å²) in [5.74, 6) is -0.440. The first kappa shape index (κ1) is 42.5. The molecule has 2 aromatic rings. The Morgan fingerprint density at radius 2 is 1.55 bits per heavy atom. The van der Waals surface area contributed by atoms with E-state index in [4.69, 9.17) is 20.1 Å². The Hall–Kier alpha value is -2.57. The molecule has 170 valence electrons. The molecule has 0 atom stereocenters. The average Bonchev–Trinajstić information content (AvgIpc) is 2.70. The number of aryl methyl sites for hydroxylation is 2. The molecule has 0 bridgehead atoms. The van der Waals surface area contributed by atoms with Crippen molar-refractivity contribution in [1.82, 2.24) is 0 Å². The number of carboxylic acids is 1. The molecule has 0 fully saturated rings. The van der Waals surface area contributed by atoms with E-state index in [1.165, 1.54) is 6.07 Å². The molecule has 31 heavy (non-hydrogen) atoms. The molecular weight excluding hydrogens is 860 g/mol. The van der Waals surface area contributed by atoms with E-state index in [-0.39, 0.29) is 51.1 Å². The Labute approximate surface area is 207 Å². The van der Waals surface area contributed by atoms with Gasteiger partial charge in [0.15, 0.2) is 0 Å². The summed E-state index contributed by atoms with van der Waals surface area (Å²) in [7, 11) is 0. The van der Waals surface area contributed by atoms with Crippen LogP contribution in [0.4, 0.5) is 0 Å². The number of aliphatic carboxylic acids is 1. The van der Waals surface area contributed by atoms with E-state index >= 15 is 0 Å². The molecule has 0 aliphatic carbocycles. The van der Waals surface area contributed by atoms with Crippen molar-refractivity contribution in [3.63, 3.8) is 0 Å². The zero-order chi connectivity index (χ0) is 22.5. The van der Waals surface area contributed by atoms with E-state index in [0.717, 1.165) is 5.56 Å². The maximum absolute atomic E-state index is 10.3. The number of aromatic hydroxyl groups is 2. The van der Waals surface area contributed by atoms with Crippen LogP contribution in [0.15, 0.2) is 36.4 Å². The number of para-hydroxylation sites is 1. The number of carbonyl (C=O) groups is 1. The Morgan fingerprint density at radius 3 is 1.84 bits per heavy atom. The molecule has 8 heteroatoms. The van der Waals surface area contributed by atoms with Crippen molar-refractivity contribution in [2.75, 3.05) is 0 Å². The number of rotatable bonds is 3. The van der Waals surface area contributed by atoms with Gasteiger partial charge in [-0.25, -0.2) is 0 Å². The molecule has 0 spiro atoms. The number of benzene rings is 2. The number of carboxylic acid groups (broad SMARTS) is 1. The molecule has 0 saturated carbocycles. The fourth-order valence-corrected chi connectivity index (χ4v) is 1.50. The minimum atomic E-state index is -0.881. The first-order valence-corrected chi connectivity index (χ1v) is 9.04. The van der Waals surface area contributed by atoms with Crippen molar-refractivity contribution >= 4 is 12.3 Å². The topological polar surface area (TPSA) is 94.8 Å². The zero-order valence-electron chi connectivity index (χ0n) is 19.3. The van der Waals surface area contributed by atoms with Gasteiger partial charge in [0.2, 0.25) is 0 Å². The summed E-state index contributed by atoms with van der Waals surface area (Å²) in [4.78, 5) is 19.3. The summed E-state index contributed by atoms with van der Waals surface area (Å²) in [6, 6.07) is 12.9. The standard InChI is InChI=1S/C9H9O3.C7H8O.C3H5O.C2H6.C2H5.Re.Rf.V/c1-6-4-7(5-9(11)12)2-3-8(6)10;1-6-4-2-3-5-7(6)8;1-2-3-4;2*1-2;;;/h2,4,10H,5H2,1H3,(H,11,12);2-5,8H,1H3;2H2,1H3;1-2H3;1H2,2H3;;;/q-1;;-1;;-1;;;+2. The van der Waals surface area contributed by atoms with Gasteiger partial charge in [0, 0.05) is 32.6 Å². The van der Waals surface area contributed by atoms with Crippen molar-refractivity contribution in [3.8, 4) is 11.5 Å². The Bertz CT molecular complexity index is 649. The first-order valence-electron chi connectivity index (χ1n) is 9.04. The van der Waals surface area contributed by atoms with Gasteiger partial charge in [-0.05, 0) is 18.6 Å². The molecule has 0 aliphatic heterocycles. The number of phenolic OH excluding ortho intramolecular Hbond substituents is 2. The van der Waals surface area contributed by atoms with Crippen LogP contribution >= 0.6 is 0 Å². The Kier molecular flexibility index (Phi) is 40.6. The second-order valence-electron chi connectivity index (χ2n) is 4.89. The van der Waals surface area contributed by atoms with Gasteiger partial charge in [-0.2, -0.15) is 25.5 Å². The molecule has 0 aromatic heterocycles. The van der Waals surface area contributed by atoms with E-state index in [2.05, 4.69) is 13.0 Å². The van der Waals surface area contributed by atoms with Crippen molar-refractivity contribution in [2.24, 2.45) is 0 Å². The first-order chi connectivity index (χ1) is 13.3. The summed E-state index contributed by atoms with van der Waals surface area (Å²) in [5, 5.41) is 26.4. The van der Waals surface area contributed by atoms with Gasteiger partial charge >= 0.3 is 18.6 Å². The van der Waals surface area contributed by atoms with Gasteiger partial charge in [-0.3, -0.25) is 11.1 Å². The summed E-state index contributed by atoms with van der Waals surface area (Å²) >= 11 is 0. The van der Waals surface area contributed by atoms with Crippen LogP contribution in [0.25, 0.3) is 0 Å². The van der Waals surface area contributed by atoms with Crippen LogP contribution < -0.4 is 0 Å². The minimum absolute atomic E-state index is 0. The second kappa shape index (κ2) is 29.6. The van der Waals surface area contributed by atoms with Gasteiger partial charge in [-0.15, -0.1) is 17.2 Å². The third kappa shape index (κ3) is 25.4. The Morgan fingerprint density at radius 1 is 1.10 bits per heavy atom. The molecule has 2 aromatic carbocycles. The Balaban J connectivity index is -0.0000000725. The second-order valence-corrected chi connectivity index (χ2v) is 4.89. The average molecular weight is 894 g/mol. The van der Waals surface area contributed by atoms with Gasteiger partial charge in [-0.1, -0.05) is 45.9 Å². The van der Waals surface area contributed by atoms with Gasteiger partial charge in [0.05, 0.1) is 0 Å². The van der Waals surface area contributed by atoms with Crippen LogP contribution in [0, 0.1) is 26.8 Å². The maximum atomic E-state index is 10.3. The van der Waals surface area contributed by atoms with E-state index in [0.29, 0.717) is 23.3 Å². The zero-order valence-corrected chi connectivity index (χ0v) is 29.8. The molecule has 0 heterocycles. The van der Waals surface area contributed by atoms with Crippen LogP contribution in [0.2, 0.25) is 0 Å². The monoisotopic (exact) mass is 894 g/mol. The molecular formula is C23H33O5ReRfV-. The molecule has 0 amide bonds. The van der Waals surface area contributed by atoms with Crippen LogP contribution in [-0.4, -0.2) is 27.6 Å². The third-order valence-electron chi connectivity index (χ3n) is 2.78. The van der Waals surface area contributed by atoms with E-state index in [9.17, 15) is 4.79 Å². The molecule has 2 radical (unpaired) electrons. The predicted octanol–water partition coefficient (Wildman–Crippen LogP) is 5.20. The normalized spacial score (nSPS) is 7.32. The molecule has 0 aliphatic rings. The smallest absolute Gasteiger partial charge is 0.542 e. The number of phenols is 2. The van der Waals surface area contributed by atoms with Crippen LogP contribution in [0.3, 0.4) is 0 Å². The van der Waals surface area contributed by atoms with Crippen LogP contribution in [0.1, 0.15) is 50.8 Å². The van der Waals surface area contributed by atoms with Crippen molar-refractivity contribution in [1.29, 1.82) is 0 Å². The fraction of sp³-hybridized carbons (Fsp3) is 0.348. The maximum Gasteiger partial charge on any atom is 2.00 e. The van der Waals surface area contributed by atoms with E-state index in [1.807, 2.05) is 39.0 Å². The van der Waals surface area contributed by atoms with Crippen molar-refractivity contribution < 1.29 is 63.9 Å². The SMILES string of the molecule is CC.CC[C-]=O.Cc1cc(CC(=O)O)c[c-]c1O.Cc1ccccc1O.[CH2-]C.[Re].[Rf].[V+2]. The predicted molar refractivity (Wildman–Crippen MR) is 114 cm³/mol. The molecule has 0 saturated heterocycles. The summed E-state index contributed by atoms with van der Waals surface area (Å²) in [6.07, 6.45) is 2.16. The molecule has 3 N–H and O–H groups in total. The van der Waals surface area contributed by atoms with E-state index in [1.54, 1.807) is 39.2 Å². The fourth-order valence-electron chi connectivity index (χ4n) is 1.50. The van der Waals surface area contributed by atoms with Crippen molar-refractivity contribution in [3.05, 3.63) is 66.1 Å². The van der Waals surface area contributed by atoms with Crippen molar-refractivity contribution in [2.45, 2.75) is 54.4 Å². The quantitative estimate of drug-likeness (QED) is 0.369. The molecule has 0 unspecified atom stereocenters. The number of carbonyl (C=O) groups excluding carboxylic acids is 1. The summed E-state index contributed by atoms with van der Waals surface area (Å²) in [5.41, 5.74) is 2.22.